The Bertz CT molecular complexity index is 803. The third kappa shape index (κ3) is 4.96. The Labute approximate surface area is 147 Å². The highest BCUT2D eigenvalue weighted by Crippen LogP contribution is 2.17. The standard InChI is InChI=1S/C16H18FN5O.C2H6/c1-11(2)23-8-7-18-15-9-14(17)20-16(21-15)22-10-19-12-5-3-4-6-13(12)22;1-2/h3-6,9-11H,7-8H2,1-2H3,(H,18,20,21);1-2H3. The van der Waals surface area contributed by atoms with Gasteiger partial charge >= 0.3 is 0 Å². The minimum Gasteiger partial charge on any atom is -0.377 e. The molecule has 2 aromatic heterocycles. The average Bonchev–Trinajstić information content (AvgIpc) is 3.04. The average molecular weight is 345 g/mol. The van der Waals surface area contributed by atoms with Crippen LogP contribution >= 0.6 is 0 Å². The number of imidazole rings is 1. The molecule has 0 amide bonds. The zero-order valence-corrected chi connectivity index (χ0v) is 15.0. The van der Waals surface area contributed by atoms with Crippen molar-refractivity contribution in [2.75, 3.05) is 18.5 Å². The highest BCUT2D eigenvalue weighted by molar-refractivity contribution is 5.76. The van der Waals surface area contributed by atoms with Crippen LogP contribution in [-0.4, -0.2) is 38.8 Å². The van der Waals surface area contributed by atoms with E-state index in [1.807, 2.05) is 52.0 Å². The van der Waals surface area contributed by atoms with Gasteiger partial charge in [0.2, 0.25) is 11.9 Å². The van der Waals surface area contributed by atoms with E-state index in [1.54, 1.807) is 10.9 Å². The lowest BCUT2D eigenvalue weighted by Gasteiger charge is -2.10. The van der Waals surface area contributed by atoms with Gasteiger partial charge in [-0.05, 0) is 26.0 Å². The number of ether oxygens (including phenoxy) is 1. The zero-order valence-electron chi connectivity index (χ0n) is 15.0. The fourth-order valence-electron chi connectivity index (χ4n) is 2.20. The van der Waals surface area contributed by atoms with E-state index < -0.39 is 5.95 Å². The number of rotatable bonds is 6. The maximum Gasteiger partial charge on any atom is 0.240 e. The molecule has 2 heterocycles. The predicted octanol–water partition coefficient (Wildman–Crippen LogP) is 3.82. The lowest BCUT2D eigenvalue weighted by Crippen LogP contribution is -2.15. The number of hydrogen-bond donors (Lipinski definition) is 1. The Morgan fingerprint density at radius 3 is 2.72 bits per heavy atom. The van der Waals surface area contributed by atoms with Gasteiger partial charge in [0.25, 0.3) is 0 Å². The number of fused-ring (bicyclic) bond motifs is 1. The summed E-state index contributed by atoms with van der Waals surface area (Å²) in [5.74, 6) is 0.0590. The molecule has 134 valence electrons. The summed E-state index contributed by atoms with van der Waals surface area (Å²) >= 11 is 0. The molecule has 3 aromatic rings. The van der Waals surface area contributed by atoms with Gasteiger partial charge in [-0.25, -0.2) is 4.98 Å². The molecule has 25 heavy (non-hydrogen) atoms. The van der Waals surface area contributed by atoms with Crippen molar-refractivity contribution in [1.29, 1.82) is 0 Å². The van der Waals surface area contributed by atoms with Crippen molar-refractivity contribution in [3.05, 3.63) is 42.6 Å². The van der Waals surface area contributed by atoms with Gasteiger partial charge in [0, 0.05) is 12.6 Å². The van der Waals surface area contributed by atoms with Crippen molar-refractivity contribution >= 4 is 16.9 Å². The monoisotopic (exact) mass is 345 g/mol. The first-order valence-electron chi connectivity index (χ1n) is 8.46. The SMILES string of the molecule is CC.CC(C)OCCNc1cc(F)nc(-n2cnc3ccccc32)n1. The minimum absolute atomic E-state index is 0.159. The fourth-order valence-corrected chi connectivity index (χ4v) is 2.20. The van der Waals surface area contributed by atoms with Gasteiger partial charge in [-0.15, -0.1) is 0 Å². The summed E-state index contributed by atoms with van der Waals surface area (Å²) in [6.07, 6.45) is 1.75. The van der Waals surface area contributed by atoms with Crippen LogP contribution in [0.3, 0.4) is 0 Å². The summed E-state index contributed by atoms with van der Waals surface area (Å²) < 4.78 is 20.9. The van der Waals surface area contributed by atoms with Crippen LogP contribution in [0.2, 0.25) is 0 Å². The van der Waals surface area contributed by atoms with Gasteiger partial charge < -0.3 is 10.1 Å². The Kier molecular flexibility index (Phi) is 6.82. The van der Waals surface area contributed by atoms with Gasteiger partial charge in [0.15, 0.2) is 0 Å². The topological polar surface area (TPSA) is 64.9 Å². The van der Waals surface area contributed by atoms with E-state index in [1.165, 1.54) is 6.07 Å². The van der Waals surface area contributed by atoms with Crippen LogP contribution in [0.5, 0.6) is 0 Å². The van der Waals surface area contributed by atoms with Crippen LogP contribution in [-0.2, 0) is 4.74 Å². The van der Waals surface area contributed by atoms with Gasteiger partial charge in [-0.1, -0.05) is 26.0 Å². The molecule has 0 fully saturated rings. The summed E-state index contributed by atoms with van der Waals surface area (Å²) in [7, 11) is 0. The van der Waals surface area contributed by atoms with Gasteiger partial charge in [0.05, 0.1) is 23.7 Å². The van der Waals surface area contributed by atoms with E-state index in [4.69, 9.17) is 4.74 Å². The lowest BCUT2D eigenvalue weighted by molar-refractivity contribution is 0.0870. The Hall–Kier alpha value is -2.54. The molecular formula is C18H24FN5O. The number of halogens is 1. The molecule has 0 aliphatic carbocycles. The summed E-state index contributed by atoms with van der Waals surface area (Å²) in [6.45, 7) is 8.99. The largest absolute Gasteiger partial charge is 0.377 e. The molecule has 0 spiro atoms. The van der Waals surface area contributed by atoms with E-state index >= 15 is 0 Å². The number of hydrogen-bond acceptors (Lipinski definition) is 5. The number of benzene rings is 1. The highest BCUT2D eigenvalue weighted by atomic mass is 19.1. The maximum atomic E-state index is 13.8. The van der Waals surface area contributed by atoms with Crippen molar-refractivity contribution in [1.82, 2.24) is 19.5 Å². The van der Waals surface area contributed by atoms with E-state index in [9.17, 15) is 4.39 Å². The second-order valence-corrected chi connectivity index (χ2v) is 5.33. The van der Waals surface area contributed by atoms with Crippen LogP contribution in [0, 0.1) is 5.95 Å². The Morgan fingerprint density at radius 1 is 1.20 bits per heavy atom. The van der Waals surface area contributed by atoms with Crippen LogP contribution in [0.1, 0.15) is 27.7 Å². The molecule has 7 heteroatoms. The molecule has 0 aliphatic rings. The highest BCUT2D eigenvalue weighted by Gasteiger charge is 2.10. The van der Waals surface area contributed by atoms with Gasteiger partial charge in [-0.2, -0.15) is 14.4 Å². The van der Waals surface area contributed by atoms with Crippen LogP contribution in [0.25, 0.3) is 17.0 Å². The normalized spacial score (nSPS) is 10.6. The molecular weight excluding hydrogens is 321 g/mol. The van der Waals surface area contributed by atoms with Crippen molar-refractivity contribution in [3.63, 3.8) is 0 Å². The van der Waals surface area contributed by atoms with E-state index in [0.29, 0.717) is 19.0 Å². The molecule has 0 atom stereocenters. The molecule has 1 N–H and O–H groups in total. The quantitative estimate of drug-likeness (QED) is 0.543. The summed E-state index contributed by atoms with van der Waals surface area (Å²) in [6, 6.07) is 8.82. The first kappa shape index (κ1) is 18.8. The van der Waals surface area contributed by atoms with E-state index in [2.05, 4.69) is 20.3 Å². The number of para-hydroxylation sites is 2. The lowest BCUT2D eigenvalue weighted by atomic mass is 10.3. The number of aromatic nitrogens is 4. The number of nitrogens with one attached hydrogen (secondary N) is 1. The maximum absolute atomic E-state index is 13.8. The van der Waals surface area contributed by atoms with Crippen molar-refractivity contribution < 1.29 is 9.13 Å². The molecule has 0 radical (unpaired) electrons. The molecule has 0 saturated carbocycles. The summed E-state index contributed by atoms with van der Waals surface area (Å²) in [5, 5.41) is 3.04. The minimum atomic E-state index is -0.597. The van der Waals surface area contributed by atoms with Crippen LogP contribution in [0.4, 0.5) is 10.2 Å². The zero-order chi connectivity index (χ0) is 18.2. The summed E-state index contributed by atoms with van der Waals surface area (Å²) in [5.41, 5.74) is 1.63. The van der Waals surface area contributed by atoms with Crippen molar-refractivity contribution in [2.24, 2.45) is 0 Å². The van der Waals surface area contributed by atoms with Gasteiger partial charge in [-0.3, -0.25) is 4.57 Å². The first-order valence-corrected chi connectivity index (χ1v) is 8.46. The third-order valence-electron chi connectivity index (χ3n) is 3.21. The first-order chi connectivity index (χ1) is 12.1. The second kappa shape index (κ2) is 9.08. The molecule has 0 saturated heterocycles. The third-order valence-corrected chi connectivity index (χ3v) is 3.21. The Balaban J connectivity index is 0.00000109. The molecule has 0 unspecified atom stereocenters. The second-order valence-electron chi connectivity index (χ2n) is 5.33. The van der Waals surface area contributed by atoms with Crippen molar-refractivity contribution in [2.45, 2.75) is 33.8 Å². The molecule has 3 rings (SSSR count). The van der Waals surface area contributed by atoms with Crippen LogP contribution < -0.4 is 5.32 Å². The summed E-state index contributed by atoms with van der Waals surface area (Å²) in [4.78, 5) is 12.5. The predicted molar refractivity (Wildman–Crippen MR) is 97.5 cm³/mol. The van der Waals surface area contributed by atoms with Crippen molar-refractivity contribution in [3.8, 4) is 5.95 Å². The molecule has 0 bridgehead atoms. The number of nitrogens with zero attached hydrogens (tertiary/aromatic N) is 4. The Morgan fingerprint density at radius 2 is 1.96 bits per heavy atom. The smallest absolute Gasteiger partial charge is 0.240 e. The number of anilines is 1. The molecule has 1 aromatic carbocycles. The fraction of sp³-hybridized carbons (Fsp3) is 0.389. The molecule has 6 nitrogen and oxygen atoms in total. The van der Waals surface area contributed by atoms with E-state index in [-0.39, 0.29) is 12.1 Å². The van der Waals surface area contributed by atoms with Crippen LogP contribution in [0.15, 0.2) is 36.7 Å². The van der Waals surface area contributed by atoms with Gasteiger partial charge in [0.1, 0.15) is 12.1 Å². The molecule has 0 aliphatic heterocycles. The van der Waals surface area contributed by atoms with E-state index in [0.717, 1.165) is 11.0 Å².